The topological polar surface area (TPSA) is 103 Å². The van der Waals surface area contributed by atoms with Crippen LogP contribution in [-0.2, 0) is 4.74 Å². The van der Waals surface area contributed by atoms with E-state index in [2.05, 4.69) is 10.3 Å². The lowest BCUT2D eigenvalue weighted by Gasteiger charge is -2.33. The van der Waals surface area contributed by atoms with E-state index in [9.17, 15) is 18.0 Å². The summed E-state index contributed by atoms with van der Waals surface area (Å²) in [6.07, 6.45) is 3.34. The molecule has 8 nitrogen and oxygen atoms in total. The Morgan fingerprint density at radius 2 is 2.29 bits per heavy atom. The van der Waals surface area contributed by atoms with Crippen LogP contribution in [0.2, 0.25) is 5.02 Å². The van der Waals surface area contributed by atoms with Crippen LogP contribution in [0.5, 0.6) is 0 Å². The summed E-state index contributed by atoms with van der Waals surface area (Å²) in [6, 6.07) is 3.01. The summed E-state index contributed by atoms with van der Waals surface area (Å²) < 4.78 is 45.1. The molecule has 0 bridgehead atoms. The van der Waals surface area contributed by atoms with Crippen LogP contribution in [-0.4, -0.2) is 53.3 Å². The van der Waals surface area contributed by atoms with Crippen molar-refractivity contribution >= 4 is 41.1 Å². The zero-order valence-electron chi connectivity index (χ0n) is 17.9. The third kappa shape index (κ3) is 4.27. The number of carbonyl (C=O) groups excluding carboxylic acids is 1. The van der Waals surface area contributed by atoms with Gasteiger partial charge in [-0.2, -0.15) is 8.78 Å². The zero-order chi connectivity index (χ0) is 24.7. The Bertz CT molecular complexity index is 1280. The van der Waals surface area contributed by atoms with Crippen molar-refractivity contribution in [2.24, 2.45) is 4.99 Å². The third-order valence-electron chi connectivity index (χ3n) is 5.94. The molecular formula is C22H18ClF3N6O2S. The summed E-state index contributed by atoms with van der Waals surface area (Å²) in [5.74, 6) is -0.0457. The number of carbonyl (C=O) groups is 1. The first-order valence-corrected chi connectivity index (χ1v) is 11.7. The highest BCUT2D eigenvalue weighted by Crippen LogP contribution is 2.47. The van der Waals surface area contributed by atoms with Crippen molar-refractivity contribution in [2.75, 3.05) is 13.2 Å². The second kappa shape index (κ2) is 9.00. The van der Waals surface area contributed by atoms with Crippen LogP contribution in [0, 0.1) is 11.2 Å². The molecule has 1 aromatic carbocycles. The van der Waals surface area contributed by atoms with Gasteiger partial charge in [0.15, 0.2) is 10.8 Å². The first-order valence-electron chi connectivity index (χ1n) is 10.4. The second-order valence-corrected chi connectivity index (χ2v) is 9.48. The first kappa shape index (κ1) is 23.4. The minimum Gasteiger partial charge on any atom is -0.447 e. The number of nitrogens with zero attached hydrogens (tertiary/aromatic N) is 3. The molecule has 1 spiro atoms. The number of amides is 1. The van der Waals surface area contributed by atoms with E-state index in [1.807, 2.05) is 10.2 Å². The molecule has 2 fully saturated rings. The first-order chi connectivity index (χ1) is 16.8. The monoisotopic (exact) mass is 522 g/mol. The van der Waals surface area contributed by atoms with Crippen LogP contribution in [0.25, 0.3) is 0 Å². The lowest BCUT2D eigenvalue weighted by molar-refractivity contribution is 0.125. The number of ether oxygens (including phenoxy) is 1. The van der Waals surface area contributed by atoms with Gasteiger partial charge in [-0.1, -0.05) is 17.7 Å². The Balaban J connectivity index is 1.73. The standard InChI is InChI=1S/C22H18ClF3N6O2S/c23-14-5-12(24)1-2-13(14)17-16(11(7-27)8-29-20(25)26)15-6-22(10-34-21(33)31-22)9-32(15)18(30-17)19-28-3-4-35-19/h1-5,7-8,17,20,27,29H,6,9-10H2,(H,31,33)/b11-8+,27-7?/t17-,22+/m0/s1. The van der Waals surface area contributed by atoms with E-state index in [0.29, 0.717) is 34.2 Å². The normalized spacial score (nSPS) is 24.0. The molecule has 0 saturated carbocycles. The lowest BCUT2D eigenvalue weighted by Crippen LogP contribution is -2.46. The van der Waals surface area contributed by atoms with Crippen molar-refractivity contribution in [3.63, 3.8) is 0 Å². The van der Waals surface area contributed by atoms with Crippen molar-refractivity contribution in [1.29, 1.82) is 5.41 Å². The van der Waals surface area contributed by atoms with Crippen LogP contribution >= 0.6 is 22.9 Å². The number of halogens is 4. The number of hydrogen-bond donors (Lipinski definition) is 3. The number of aliphatic imine (C=N–C) groups is 1. The summed E-state index contributed by atoms with van der Waals surface area (Å²) in [5, 5.41) is 15.2. The summed E-state index contributed by atoms with van der Waals surface area (Å²) in [6.45, 7) is -2.45. The zero-order valence-corrected chi connectivity index (χ0v) is 19.5. The Hall–Kier alpha value is -3.38. The van der Waals surface area contributed by atoms with Crippen LogP contribution < -0.4 is 10.6 Å². The highest BCUT2D eigenvalue weighted by molar-refractivity contribution is 7.11. The van der Waals surface area contributed by atoms with Gasteiger partial charge in [0.25, 0.3) is 0 Å². The fourth-order valence-electron chi connectivity index (χ4n) is 4.53. The second-order valence-electron chi connectivity index (χ2n) is 8.17. The van der Waals surface area contributed by atoms with Gasteiger partial charge in [0.1, 0.15) is 24.0 Å². The number of thiazole rings is 1. The molecule has 0 radical (unpaired) electrons. The molecule has 2 atom stereocenters. The molecule has 0 aliphatic carbocycles. The molecule has 4 heterocycles. The van der Waals surface area contributed by atoms with Crippen LogP contribution in [0.15, 0.2) is 57.8 Å². The molecule has 182 valence electrons. The minimum atomic E-state index is -2.85. The number of hydrogen-bond acceptors (Lipinski definition) is 8. The van der Waals surface area contributed by atoms with Gasteiger partial charge in [0.05, 0.1) is 6.54 Å². The maximum absolute atomic E-state index is 13.9. The van der Waals surface area contributed by atoms with E-state index in [-0.39, 0.29) is 23.6 Å². The molecular weight excluding hydrogens is 505 g/mol. The molecule has 2 aromatic rings. The molecule has 13 heteroatoms. The van der Waals surface area contributed by atoms with Crippen molar-refractivity contribution in [2.45, 2.75) is 24.6 Å². The largest absolute Gasteiger partial charge is 0.447 e. The van der Waals surface area contributed by atoms with Gasteiger partial charge in [-0.15, -0.1) is 11.3 Å². The maximum atomic E-state index is 13.9. The summed E-state index contributed by atoms with van der Waals surface area (Å²) in [4.78, 5) is 23.1. The Morgan fingerprint density at radius 3 is 2.91 bits per heavy atom. The van der Waals surface area contributed by atoms with E-state index in [1.165, 1.54) is 23.5 Å². The van der Waals surface area contributed by atoms with Crippen molar-refractivity contribution in [1.82, 2.24) is 20.5 Å². The van der Waals surface area contributed by atoms with Crippen LogP contribution in [0.3, 0.4) is 0 Å². The summed E-state index contributed by atoms with van der Waals surface area (Å²) >= 11 is 7.77. The van der Waals surface area contributed by atoms with Crippen molar-refractivity contribution in [3.05, 3.63) is 74.2 Å². The highest BCUT2D eigenvalue weighted by atomic mass is 35.5. The van der Waals surface area contributed by atoms with Crippen molar-refractivity contribution in [3.8, 4) is 0 Å². The molecule has 3 N–H and O–H groups in total. The van der Waals surface area contributed by atoms with Crippen LogP contribution in [0.1, 0.15) is 23.0 Å². The molecule has 3 aliphatic rings. The van der Waals surface area contributed by atoms with Gasteiger partial charge >= 0.3 is 12.6 Å². The van der Waals surface area contributed by atoms with Gasteiger partial charge in [-0.3, -0.25) is 4.99 Å². The van der Waals surface area contributed by atoms with Gasteiger partial charge in [-0.25, -0.2) is 14.2 Å². The fourth-order valence-corrected chi connectivity index (χ4v) is 5.44. The van der Waals surface area contributed by atoms with Gasteiger partial charge < -0.3 is 25.7 Å². The summed E-state index contributed by atoms with van der Waals surface area (Å²) in [7, 11) is 0. The number of cyclic esters (lactones) is 1. The Morgan fingerprint density at radius 1 is 1.46 bits per heavy atom. The van der Waals surface area contributed by atoms with E-state index in [0.717, 1.165) is 18.5 Å². The maximum Gasteiger partial charge on any atom is 0.407 e. The predicted molar refractivity (Wildman–Crippen MR) is 124 cm³/mol. The molecule has 2 saturated heterocycles. The quantitative estimate of drug-likeness (QED) is 0.389. The van der Waals surface area contributed by atoms with Gasteiger partial charge in [0, 0.05) is 52.3 Å². The number of alkyl carbamates (subject to hydrolysis) is 1. The molecule has 0 unspecified atom stereocenters. The fraction of sp³-hybridized carbons (Fsp3) is 0.273. The Labute approximate surface area is 206 Å². The van der Waals surface area contributed by atoms with Gasteiger partial charge in [-0.05, 0) is 17.7 Å². The molecule has 1 aromatic heterocycles. The summed E-state index contributed by atoms with van der Waals surface area (Å²) in [5.41, 5.74) is 0.870. The van der Waals surface area contributed by atoms with Crippen LogP contribution in [0.4, 0.5) is 18.0 Å². The van der Waals surface area contributed by atoms with E-state index < -0.39 is 30.0 Å². The minimum absolute atomic E-state index is 0.0974. The average molecular weight is 523 g/mol. The number of aromatic nitrogens is 1. The highest BCUT2D eigenvalue weighted by Gasteiger charge is 2.51. The predicted octanol–water partition coefficient (Wildman–Crippen LogP) is 4.22. The number of benzene rings is 1. The van der Waals surface area contributed by atoms with Gasteiger partial charge in [0.2, 0.25) is 0 Å². The number of rotatable bonds is 6. The molecule has 3 aliphatic heterocycles. The molecule has 5 rings (SSSR count). The molecule has 35 heavy (non-hydrogen) atoms. The molecule has 1 amide bonds. The number of alkyl halides is 2. The Kier molecular flexibility index (Phi) is 6.01. The van der Waals surface area contributed by atoms with E-state index in [1.54, 1.807) is 11.6 Å². The smallest absolute Gasteiger partial charge is 0.407 e. The number of fused-ring (bicyclic) bond motifs is 1. The third-order valence-corrected chi connectivity index (χ3v) is 7.04. The van der Waals surface area contributed by atoms with Crippen molar-refractivity contribution < 1.29 is 22.7 Å². The van der Waals surface area contributed by atoms with E-state index >= 15 is 0 Å². The lowest BCUT2D eigenvalue weighted by atomic mass is 9.88. The van der Waals surface area contributed by atoms with E-state index in [4.69, 9.17) is 26.7 Å². The average Bonchev–Trinajstić information content (AvgIpc) is 3.54. The number of nitrogens with one attached hydrogen (secondary N) is 3. The number of amidine groups is 1. The SMILES string of the molecule is N=C/C(=C\NC(F)F)C1=C2C[C@]3(COC(=O)N3)CN2C(c2nccs2)=N[C@H]1c1ccc(F)cc1Cl.